The van der Waals surface area contributed by atoms with Crippen molar-refractivity contribution >= 4 is 5.69 Å². The lowest BCUT2D eigenvalue weighted by atomic mass is 10.0. The van der Waals surface area contributed by atoms with Crippen LogP contribution in [0.3, 0.4) is 0 Å². The van der Waals surface area contributed by atoms with E-state index in [0.29, 0.717) is 12.1 Å². The smallest absolute Gasteiger partial charge is 0.138 e. The van der Waals surface area contributed by atoms with E-state index in [1.165, 1.54) is 0 Å². The first-order valence-corrected chi connectivity index (χ1v) is 3.84. The van der Waals surface area contributed by atoms with E-state index in [0.717, 1.165) is 11.1 Å². The molecule has 0 saturated carbocycles. The molecule has 0 saturated heterocycles. The van der Waals surface area contributed by atoms with E-state index in [9.17, 15) is 5.11 Å². The number of aliphatic hydroxyl groups excluding tert-OH is 1. The van der Waals surface area contributed by atoms with Gasteiger partial charge in [0.15, 0.2) is 0 Å². The van der Waals surface area contributed by atoms with Crippen molar-refractivity contribution < 1.29 is 10.2 Å². The minimum absolute atomic E-state index is 0.0501. The molecule has 0 aromatic heterocycles. The van der Waals surface area contributed by atoms with E-state index in [1.807, 2.05) is 6.92 Å². The molecule has 0 radical (unpaired) electrons. The average Bonchev–Trinajstić information content (AvgIpc) is 2.06. The number of phenols is 1. The van der Waals surface area contributed by atoms with Crippen molar-refractivity contribution in [3.8, 4) is 5.75 Å². The Kier molecular flexibility index (Phi) is 2.55. The fourth-order valence-electron chi connectivity index (χ4n) is 1.20. The third-order valence-corrected chi connectivity index (χ3v) is 1.93. The summed E-state index contributed by atoms with van der Waals surface area (Å²) < 4.78 is 0. The van der Waals surface area contributed by atoms with E-state index in [4.69, 9.17) is 10.8 Å². The standard InChI is InChI=1S/C9H13NO2/c1-6-2-3-8(12)9(10)7(6)4-5-11/h2-3,11-12H,4-5,10H2,1H3. The van der Waals surface area contributed by atoms with E-state index < -0.39 is 0 Å². The van der Waals surface area contributed by atoms with Gasteiger partial charge in [0.05, 0.1) is 5.69 Å². The molecule has 3 heteroatoms. The second-order valence-corrected chi connectivity index (χ2v) is 2.77. The Morgan fingerprint density at radius 1 is 1.42 bits per heavy atom. The number of phenolic OH excluding ortho intramolecular Hbond substituents is 1. The Bertz CT molecular complexity index is 284. The summed E-state index contributed by atoms with van der Waals surface area (Å²) in [6.07, 6.45) is 0.492. The van der Waals surface area contributed by atoms with E-state index >= 15 is 0 Å². The Morgan fingerprint density at radius 2 is 2.08 bits per heavy atom. The minimum atomic E-state index is 0.0501. The average molecular weight is 167 g/mol. The molecule has 0 aliphatic heterocycles. The monoisotopic (exact) mass is 167 g/mol. The van der Waals surface area contributed by atoms with Gasteiger partial charge in [-0.3, -0.25) is 0 Å². The fraction of sp³-hybridized carbons (Fsp3) is 0.333. The number of nitrogens with two attached hydrogens (primary N) is 1. The first kappa shape index (κ1) is 8.87. The second-order valence-electron chi connectivity index (χ2n) is 2.77. The van der Waals surface area contributed by atoms with Crippen molar-refractivity contribution in [2.24, 2.45) is 0 Å². The molecule has 1 rings (SSSR count). The van der Waals surface area contributed by atoms with Crippen LogP contribution in [0.15, 0.2) is 12.1 Å². The predicted molar refractivity (Wildman–Crippen MR) is 48.0 cm³/mol. The summed E-state index contributed by atoms with van der Waals surface area (Å²) in [4.78, 5) is 0. The van der Waals surface area contributed by atoms with Crippen molar-refractivity contribution in [1.82, 2.24) is 0 Å². The zero-order valence-corrected chi connectivity index (χ0v) is 7.04. The molecule has 0 fully saturated rings. The molecular weight excluding hydrogens is 154 g/mol. The van der Waals surface area contributed by atoms with Crippen LogP contribution in [0.2, 0.25) is 0 Å². The fourth-order valence-corrected chi connectivity index (χ4v) is 1.20. The molecule has 1 aromatic carbocycles. The van der Waals surface area contributed by atoms with Gasteiger partial charge in [-0.05, 0) is 30.5 Å². The number of rotatable bonds is 2. The van der Waals surface area contributed by atoms with E-state index in [1.54, 1.807) is 12.1 Å². The molecule has 0 bridgehead atoms. The van der Waals surface area contributed by atoms with Crippen molar-refractivity contribution in [3.63, 3.8) is 0 Å². The molecular formula is C9H13NO2. The highest BCUT2D eigenvalue weighted by atomic mass is 16.3. The van der Waals surface area contributed by atoms with Gasteiger partial charge in [-0.2, -0.15) is 0 Å². The number of benzene rings is 1. The molecule has 3 nitrogen and oxygen atoms in total. The highest BCUT2D eigenvalue weighted by molar-refractivity contribution is 5.60. The summed E-state index contributed by atoms with van der Waals surface area (Å²) in [6, 6.07) is 3.35. The van der Waals surface area contributed by atoms with Gasteiger partial charge in [-0.25, -0.2) is 0 Å². The number of hydrogen-bond acceptors (Lipinski definition) is 3. The second kappa shape index (κ2) is 3.45. The third kappa shape index (κ3) is 1.51. The van der Waals surface area contributed by atoms with Gasteiger partial charge in [0.25, 0.3) is 0 Å². The predicted octanol–water partition coefficient (Wildman–Crippen LogP) is 0.818. The molecule has 0 atom stereocenters. The summed E-state index contributed by atoms with van der Waals surface area (Å²) in [5, 5.41) is 18.0. The summed E-state index contributed by atoms with van der Waals surface area (Å²) in [6.45, 7) is 1.95. The van der Waals surface area contributed by atoms with Crippen molar-refractivity contribution in [2.45, 2.75) is 13.3 Å². The number of nitrogen functional groups attached to an aromatic ring is 1. The highest BCUT2D eigenvalue weighted by Gasteiger charge is 2.06. The summed E-state index contributed by atoms with van der Waals surface area (Å²) >= 11 is 0. The van der Waals surface area contributed by atoms with E-state index in [-0.39, 0.29) is 12.4 Å². The van der Waals surface area contributed by atoms with Gasteiger partial charge in [-0.1, -0.05) is 6.07 Å². The van der Waals surface area contributed by atoms with Gasteiger partial charge in [-0.15, -0.1) is 0 Å². The normalized spacial score (nSPS) is 10.2. The number of aromatic hydroxyl groups is 1. The lowest BCUT2D eigenvalue weighted by Crippen LogP contribution is -2.00. The van der Waals surface area contributed by atoms with Crippen LogP contribution >= 0.6 is 0 Å². The first-order chi connectivity index (χ1) is 5.66. The van der Waals surface area contributed by atoms with Crippen molar-refractivity contribution in [2.75, 3.05) is 12.3 Å². The van der Waals surface area contributed by atoms with Crippen LogP contribution in [0, 0.1) is 6.92 Å². The Hall–Kier alpha value is -1.22. The summed E-state index contributed by atoms with van der Waals surface area (Å²) in [7, 11) is 0. The maximum absolute atomic E-state index is 9.24. The lowest BCUT2D eigenvalue weighted by Gasteiger charge is -2.08. The van der Waals surface area contributed by atoms with Crippen LogP contribution in [0.5, 0.6) is 5.75 Å². The Balaban J connectivity index is 3.14. The Labute approximate surface area is 71.5 Å². The maximum atomic E-state index is 9.24. The summed E-state index contributed by atoms with van der Waals surface area (Å²) in [5.41, 5.74) is 7.82. The molecule has 0 unspecified atom stereocenters. The quantitative estimate of drug-likeness (QED) is 0.451. The molecule has 0 aliphatic carbocycles. The van der Waals surface area contributed by atoms with Gasteiger partial charge in [0, 0.05) is 6.61 Å². The molecule has 0 spiro atoms. The maximum Gasteiger partial charge on any atom is 0.138 e. The van der Waals surface area contributed by atoms with Crippen LogP contribution in [0.1, 0.15) is 11.1 Å². The van der Waals surface area contributed by atoms with Crippen molar-refractivity contribution in [1.29, 1.82) is 0 Å². The summed E-state index contributed by atoms with van der Waals surface area (Å²) in [5.74, 6) is 0.0871. The molecule has 0 aliphatic rings. The number of hydrogen-bond donors (Lipinski definition) is 3. The van der Waals surface area contributed by atoms with Crippen LogP contribution in [0.25, 0.3) is 0 Å². The first-order valence-electron chi connectivity index (χ1n) is 3.84. The molecule has 4 N–H and O–H groups in total. The van der Waals surface area contributed by atoms with Gasteiger partial charge >= 0.3 is 0 Å². The molecule has 0 heterocycles. The van der Waals surface area contributed by atoms with Crippen molar-refractivity contribution in [3.05, 3.63) is 23.3 Å². The number of aliphatic hydroxyl groups is 1. The minimum Gasteiger partial charge on any atom is -0.506 e. The number of aryl methyl sites for hydroxylation is 1. The number of anilines is 1. The third-order valence-electron chi connectivity index (χ3n) is 1.93. The zero-order valence-electron chi connectivity index (χ0n) is 7.04. The van der Waals surface area contributed by atoms with Gasteiger partial charge in [0.2, 0.25) is 0 Å². The molecule has 1 aromatic rings. The largest absolute Gasteiger partial charge is 0.506 e. The lowest BCUT2D eigenvalue weighted by molar-refractivity contribution is 0.299. The molecule has 12 heavy (non-hydrogen) atoms. The zero-order chi connectivity index (χ0) is 9.14. The SMILES string of the molecule is Cc1ccc(O)c(N)c1CCO. The topological polar surface area (TPSA) is 66.5 Å². The van der Waals surface area contributed by atoms with Crippen LogP contribution in [-0.4, -0.2) is 16.8 Å². The van der Waals surface area contributed by atoms with Gasteiger partial charge < -0.3 is 15.9 Å². The molecule has 66 valence electrons. The highest BCUT2D eigenvalue weighted by Crippen LogP contribution is 2.26. The van der Waals surface area contributed by atoms with Gasteiger partial charge in [0.1, 0.15) is 5.75 Å². The Morgan fingerprint density at radius 3 is 2.67 bits per heavy atom. The van der Waals surface area contributed by atoms with Crippen LogP contribution in [0.4, 0.5) is 5.69 Å². The molecule has 0 amide bonds. The van der Waals surface area contributed by atoms with Crippen LogP contribution < -0.4 is 5.73 Å². The van der Waals surface area contributed by atoms with E-state index in [2.05, 4.69) is 0 Å². The van der Waals surface area contributed by atoms with Crippen LogP contribution in [-0.2, 0) is 6.42 Å².